The van der Waals surface area contributed by atoms with E-state index in [0.29, 0.717) is 4.47 Å². The van der Waals surface area contributed by atoms with Gasteiger partial charge in [0.15, 0.2) is 0 Å². The number of halogens is 2. The number of aromatic nitrogens is 4. The molecule has 0 N–H and O–H groups in total. The highest BCUT2D eigenvalue weighted by Gasteiger charge is 2.10. The molecule has 0 aliphatic carbocycles. The fraction of sp³-hybridized carbons (Fsp3) is 0.222. The van der Waals surface area contributed by atoms with Crippen LogP contribution in [0, 0.1) is 5.82 Å². The lowest BCUT2D eigenvalue weighted by molar-refractivity contribution is 0.540. The van der Waals surface area contributed by atoms with Gasteiger partial charge in [0.1, 0.15) is 12.1 Å². The topological polar surface area (TPSA) is 43.6 Å². The van der Waals surface area contributed by atoms with Gasteiger partial charge in [-0.1, -0.05) is 6.07 Å². The van der Waals surface area contributed by atoms with E-state index in [9.17, 15) is 4.39 Å². The fourth-order valence-corrected chi connectivity index (χ4v) is 1.67. The summed E-state index contributed by atoms with van der Waals surface area (Å²) in [6.45, 7) is 1.94. The highest BCUT2D eigenvalue weighted by atomic mass is 79.9. The monoisotopic (exact) mass is 270 g/mol. The molecule has 0 saturated carbocycles. The minimum absolute atomic E-state index is 0.0168. The molecule has 0 aliphatic heterocycles. The third kappa shape index (κ3) is 2.04. The summed E-state index contributed by atoms with van der Waals surface area (Å²) in [5.41, 5.74) is 0.940. The molecule has 6 heteroatoms. The summed E-state index contributed by atoms with van der Waals surface area (Å²) in [5.74, 6) is -0.275. The maximum Gasteiger partial charge on any atom is 0.138 e. The predicted molar refractivity (Wildman–Crippen MR) is 55.7 cm³/mol. The van der Waals surface area contributed by atoms with Gasteiger partial charge in [-0.05, 0) is 51.0 Å². The van der Waals surface area contributed by atoms with Crippen molar-refractivity contribution in [1.29, 1.82) is 0 Å². The van der Waals surface area contributed by atoms with Crippen molar-refractivity contribution in [2.24, 2.45) is 0 Å². The third-order valence-corrected chi connectivity index (χ3v) is 2.80. The van der Waals surface area contributed by atoms with Gasteiger partial charge in [-0.2, -0.15) is 0 Å². The van der Waals surface area contributed by atoms with Crippen molar-refractivity contribution in [3.8, 4) is 0 Å². The van der Waals surface area contributed by atoms with Crippen LogP contribution in [0.15, 0.2) is 29.0 Å². The van der Waals surface area contributed by atoms with Gasteiger partial charge in [0, 0.05) is 0 Å². The number of hydrogen-bond acceptors (Lipinski definition) is 3. The molecule has 0 radical (unpaired) electrons. The molecule has 0 fully saturated rings. The second-order valence-corrected chi connectivity index (χ2v) is 3.99. The van der Waals surface area contributed by atoms with E-state index in [2.05, 4.69) is 31.5 Å². The molecule has 15 heavy (non-hydrogen) atoms. The second kappa shape index (κ2) is 4.06. The first-order valence-corrected chi connectivity index (χ1v) is 5.15. The molecular weight excluding hydrogens is 263 g/mol. The smallest absolute Gasteiger partial charge is 0.138 e. The van der Waals surface area contributed by atoms with Crippen LogP contribution >= 0.6 is 15.9 Å². The summed E-state index contributed by atoms with van der Waals surface area (Å²) in [6, 6.07) is 4.84. The highest BCUT2D eigenvalue weighted by molar-refractivity contribution is 9.10. The molecule has 2 aromatic rings. The van der Waals surface area contributed by atoms with Crippen LogP contribution < -0.4 is 0 Å². The lowest BCUT2D eigenvalue weighted by atomic mass is 10.1. The van der Waals surface area contributed by atoms with Crippen LogP contribution in [-0.4, -0.2) is 20.2 Å². The zero-order chi connectivity index (χ0) is 10.8. The maximum absolute atomic E-state index is 13.0. The zero-order valence-electron chi connectivity index (χ0n) is 7.93. The van der Waals surface area contributed by atoms with Crippen molar-refractivity contribution in [1.82, 2.24) is 20.2 Å². The van der Waals surface area contributed by atoms with Crippen LogP contribution in [0.2, 0.25) is 0 Å². The van der Waals surface area contributed by atoms with Crippen LogP contribution in [0.1, 0.15) is 18.5 Å². The predicted octanol–water partition coefficient (Wildman–Crippen LogP) is 2.18. The van der Waals surface area contributed by atoms with Crippen molar-refractivity contribution in [3.63, 3.8) is 0 Å². The van der Waals surface area contributed by atoms with E-state index in [1.54, 1.807) is 16.8 Å². The average Bonchev–Trinajstić information content (AvgIpc) is 2.74. The van der Waals surface area contributed by atoms with Gasteiger partial charge in [0.25, 0.3) is 0 Å². The summed E-state index contributed by atoms with van der Waals surface area (Å²) in [6.07, 6.45) is 1.53. The molecule has 1 aromatic heterocycles. The molecule has 0 saturated heterocycles. The maximum atomic E-state index is 13.0. The molecule has 1 atom stereocenters. The molecule has 0 bridgehead atoms. The summed E-state index contributed by atoms with van der Waals surface area (Å²) in [5, 5.41) is 10.9. The second-order valence-electron chi connectivity index (χ2n) is 3.14. The summed E-state index contributed by atoms with van der Waals surface area (Å²) >= 11 is 3.14. The van der Waals surface area contributed by atoms with E-state index in [0.717, 1.165) is 5.56 Å². The molecule has 78 valence electrons. The van der Waals surface area contributed by atoms with Crippen molar-refractivity contribution < 1.29 is 4.39 Å². The minimum Gasteiger partial charge on any atom is -0.225 e. The van der Waals surface area contributed by atoms with Gasteiger partial charge < -0.3 is 0 Å². The largest absolute Gasteiger partial charge is 0.225 e. The van der Waals surface area contributed by atoms with E-state index >= 15 is 0 Å². The lowest BCUT2D eigenvalue weighted by Crippen LogP contribution is -2.07. The van der Waals surface area contributed by atoms with Crippen molar-refractivity contribution in [3.05, 3.63) is 40.4 Å². The van der Waals surface area contributed by atoms with Gasteiger partial charge in [-0.25, -0.2) is 9.07 Å². The quantitative estimate of drug-likeness (QED) is 0.840. The molecule has 1 heterocycles. The summed E-state index contributed by atoms with van der Waals surface area (Å²) in [4.78, 5) is 0. The molecule has 4 nitrogen and oxygen atoms in total. The van der Waals surface area contributed by atoms with Gasteiger partial charge in [-0.15, -0.1) is 5.10 Å². The Bertz CT molecular complexity index is 457. The number of nitrogens with zero attached hydrogens (tertiary/aromatic N) is 4. The standard InChI is InChI=1S/C9H8BrFN4/c1-6(15-5-12-13-14-15)7-2-3-9(11)8(10)4-7/h2-6H,1H3. The minimum atomic E-state index is -0.275. The van der Waals surface area contributed by atoms with Crippen LogP contribution in [0.4, 0.5) is 4.39 Å². The van der Waals surface area contributed by atoms with E-state index in [1.165, 1.54) is 12.4 Å². The normalized spacial score (nSPS) is 12.7. The van der Waals surface area contributed by atoms with E-state index < -0.39 is 0 Å². The highest BCUT2D eigenvalue weighted by Crippen LogP contribution is 2.22. The third-order valence-electron chi connectivity index (χ3n) is 2.19. The molecule has 0 amide bonds. The van der Waals surface area contributed by atoms with Gasteiger partial charge in [-0.3, -0.25) is 0 Å². The van der Waals surface area contributed by atoms with E-state index in [1.807, 2.05) is 6.92 Å². The van der Waals surface area contributed by atoms with Crippen LogP contribution in [0.5, 0.6) is 0 Å². The summed E-state index contributed by atoms with van der Waals surface area (Å²) in [7, 11) is 0. The Morgan fingerprint density at radius 1 is 1.47 bits per heavy atom. The molecule has 2 rings (SSSR count). The Morgan fingerprint density at radius 2 is 2.27 bits per heavy atom. The Balaban J connectivity index is 2.34. The molecule has 0 spiro atoms. The van der Waals surface area contributed by atoms with Gasteiger partial charge in [0.05, 0.1) is 10.5 Å². The number of tetrazole rings is 1. The van der Waals surface area contributed by atoms with Crippen LogP contribution in [0.3, 0.4) is 0 Å². The van der Waals surface area contributed by atoms with Crippen molar-refractivity contribution >= 4 is 15.9 Å². The van der Waals surface area contributed by atoms with Crippen LogP contribution in [-0.2, 0) is 0 Å². The Hall–Kier alpha value is -1.30. The number of rotatable bonds is 2. The molecule has 1 unspecified atom stereocenters. The number of benzene rings is 1. The Labute approximate surface area is 94.2 Å². The average molecular weight is 271 g/mol. The van der Waals surface area contributed by atoms with Crippen LogP contribution in [0.25, 0.3) is 0 Å². The van der Waals surface area contributed by atoms with E-state index in [-0.39, 0.29) is 11.9 Å². The Kier molecular flexibility index (Phi) is 2.77. The fourth-order valence-electron chi connectivity index (χ4n) is 1.27. The first-order chi connectivity index (χ1) is 7.18. The van der Waals surface area contributed by atoms with Gasteiger partial charge in [0.2, 0.25) is 0 Å². The zero-order valence-corrected chi connectivity index (χ0v) is 9.52. The van der Waals surface area contributed by atoms with E-state index in [4.69, 9.17) is 0 Å². The molecule has 1 aromatic carbocycles. The van der Waals surface area contributed by atoms with Crippen molar-refractivity contribution in [2.45, 2.75) is 13.0 Å². The van der Waals surface area contributed by atoms with Crippen molar-refractivity contribution in [2.75, 3.05) is 0 Å². The molecule has 0 aliphatic rings. The first-order valence-electron chi connectivity index (χ1n) is 4.36. The lowest BCUT2D eigenvalue weighted by Gasteiger charge is -2.11. The first kappa shape index (κ1) is 10.2. The van der Waals surface area contributed by atoms with Gasteiger partial charge >= 0.3 is 0 Å². The SMILES string of the molecule is CC(c1ccc(F)c(Br)c1)n1cnnn1. The summed E-state index contributed by atoms with van der Waals surface area (Å²) < 4.78 is 15.1. The number of hydrogen-bond donors (Lipinski definition) is 0. The molecular formula is C9H8BrFN4. The Morgan fingerprint density at radius 3 is 2.87 bits per heavy atom.